The maximum absolute atomic E-state index is 12.1. The maximum Gasteiger partial charge on any atom is 0.234 e. The Labute approximate surface area is 56.0 Å². The summed E-state index contributed by atoms with van der Waals surface area (Å²) in [6.45, 7) is 0. The molecule has 0 aromatic heterocycles. The van der Waals surface area contributed by atoms with E-state index < -0.39 is 33.4 Å². The van der Waals surface area contributed by atoms with Crippen LogP contribution in [-0.2, 0) is 9.84 Å². The summed E-state index contributed by atoms with van der Waals surface area (Å²) in [7, 11) is -4.14. The second-order valence-electron chi connectivity index (χ2n) is 2.14. The lowest BCUT2D eigenvalue weighted by atomic mass is 10.3. The van der Waals surface area contributed by atoms with Crippen LogP contribution >= 0.6 is 0 Å². The molecule has 0 aromatic rings. The largest absolute Gasteiger partial charge is 0.243 e. The van der Waals surface area contributed by atoms with Crippen LogP contribution in [0.15, 0.2) is 0 Å². The highest BCUT2D eigenvalue weighted by atomic mass is 32.2. The minimum atomic E-state index is -4.14. The van der Waals surface area contributed by atoms with Crippen molar-refractivity contribution in [3.63, 3.8) is 0 Å². The summed E-state index contributed by atoms with van der Waals surface area (Å²) in [4.78, 5) is 0. The van der Waals surface area contributed by atoms with E-state index >= 15 is 0 Å². The monoisotopic (exact) mass is 174 g/mol. The van der Waals surface area contributed by atoms with Crippen molar-refractivity contribution in [2.24, 2.45) is 0 Å². The van der Waals surface area contributed by atoms with Gasteiger partial charge in [0.25, 0.3) is 0 Å². The molecule has 0 aromatic carbocycles. The molecule has 0 amide bonds. The summed E-state index contributed by atoms with van der Waals surface area (Å²) in [5, 5.41) is 0. The van der Waals surface area contributed by atoms with Crippen molar-refractivity contribution in [2.45, 2.75) is 17.8 Å². The fourth-order valence-electron chi connectivity index (χ4n) is 0.768. The number of alkyl halides is 3. The SMILES string of the molecule is O=S1(=O)CC(F)C(F)C1F. The Morgan fingerprint density at radius 1 is 1.20 bits per heavy atom. The van der Waals surface area contributed by atoms with Gasteiger partial charge in [0.2, 0.25) is 5.50 Å². The predicted octanol–water partition coefficient (Wildman–Crippen LogP) is 0.387. The summed E-state index contributed by atoms with van der Waals surface area (Å²) in [5.74, 6) is -1.03. The first kappa shape index (κ1) is 7.84. The summed E-state index contributed by atoms with van der Waals surface area (Å²) in [6, 6.07) is 0. The first-order valence-corrected chi connectivity index (χ1v) is 4.30. The van der Waals surface area contributed by atoms with Gasteiger partial charge in [-0.25, -0.2) is 21.6 Å². The maximum atomic E-state index is 12.1. The highest BCUT2D eigenvalue weighted by molar-refractivity contribution is 7.92. The predicted molar refractivity (Wildman–Crippen MR) is 28.5 cm³/mol. The van der Waals surface area contributed by atoms with Crippen molar-refractivity contribution in [3.05, 3.63) is 0 Å². The number of hydrogen-bond acceptors (Lipinski definition) is 2. The van der Waals surface area contributed by atoms with E-state index in [9.17, 15) is 21.6 Å². The Bertz CT molecular complexity index is 225. The van der Waals surface area contributed by atoms with Crippen LogP contribution in [0.1, 0.15) is 0 Å². The molecule has 1 heterocycles. The Balaban J connectivity index is 2.93. The summed E-state index contributed by atoms with van der Waals surface area (Å²) in [5.41, 5.74) is -2.66. The topological polar surface area (TPSA) is 34.1 Å². The van der Waals surface area contributed by atoms with E-state index in [0.717, 1.165) is 0 Å². The minimum absolute atomic E-state index is 1.03. The van der Waals surface area contributed by atoms with E-state index in [-0.39, 0.29) is 0 Å². The zero-order valence-electron chi connectivity index (χ0n) is 4.80. The molecule has 0 saturated carbocycles. The zero-order chi connectivity index (χ0) is 7.94. The van der Waals surface area contributed by atoms with Gasteiger partial charge in [0.05, 0.1) is 5.75 Å². The number of rotatable bonds is 0. The molecule has 1 rings (SSSR count). The molecular formula is C4H5F3O2S. The molecule has 3 atom stereocenters. The van der Waals surface area contributed by atoms with Crippen LogP contribution in [-0.4, -0.2) is 32.0 Å². The molecule has 0 N–H and O–H groups in total. The van der Waals surface area contributed by atoms with Gasteiger partial charge in [0.15, 0.2) is 16.0 Å². The first-order chi connectivity index (χ1) is 4.45. The molecule has 2 nitrogen and oxygen atoms in total. The van der Waals surface area contributed by atoms with Gasteiger partial charge < -0.3 is 0 Å². The van der Waals surface area contributed by atoms with Crippen molar-refractivity contribution in [1.29, 1.82) is 0 Å². The van der Waals surface area contributed by atoms with E-state index in [0.29, 0.717) is 0 Å². The summed E-state index contributed by atoms with van der Waals surface area (Å²) >= 11 is 0. The number of hydrogen-bond donors (Lipinski definition) is 0. The summed E-state index contributed by atoms with van der Waals surface area (Å²) in [6.07, 6.45) is -4.69. The molecule has 1 aliphatic rings. The van der Waals surface area contributed by atoms with Crippen molar-refractivity contribution in [3.8, 4) is 0 Å². The molecule has 3 unspecified atom stereocenters. The Hall–Kier alpha value is -0.260. The lowest BCUT2D eigenvalue weighted by Gasteiger charge is -1.99. The highest BCUT2D eigenvalue weighted by Crippen LogP contribution is 2.26. The molecule has 0 bridgehead atoms. The van der Waals surface area contributed by atoms with Gasteiger partial charge >= 0.3 is 0 Å². The first-order valence-electron chi connectivity index (χ1n) is 2.59. The Kier molecular flexibility index (Phi) is 1.66. The molecule has 10 heavy (non-hydrogen) atoms. The fourth-order valence-corrected chi connectivity index (χ4v) is 2.15. The molecule has 0 radical (unpaired) electrons. The standard InChI is InChI=1S/C4H5F3O2S/c5-2-1-10(8,9)4(7)3(2)6/h2-4H,1H2. The van der Waals surface area contributed by atoms with Crippen LogP contribution in [0.3, 0.4) is 0 Å². The van der Waals surface area contributed by atoms with Crippen LogP contribution in [0.4, 0.5) is 13.2 Å². The smallest absolute Gasteiger partial charge is 0.234 e. The van der Waals surface area contributed by atoms with Crippen LogP contribution in [0.2, 0.25) is 0 Å². The van der Waals surface area contributed by atoms with E-state index in [1.165, 1.54) is 0 Å². The van der Waals surface area contributed by atoms with Gasteiger partial charge in [-0.15, -0.1) is 0 Å². The minimum Gasteiger partial charge on any atom is -0.243 e. The van der Waals surface area contributed by atoms with Crippen molar-refractivity contribution < 1.29 is 21.6 Å². The van der Waals surface area contributed by atoms with E-state index in [4.69, 9.17) is 0 Å². The number of sulfone groups is 1. The second-order valence-corrected chi connectivity index (χ2v) is 4.25. The zero-order valence-corrected chi connectivity index (χ0v) is 5.61. The van der Waals surface area contributed by atoms with E-state index in [2.05, 4.69) is 0 Å². The number of halogens is 3. The van der Waals surface area contributed by atoms with Crippen LogP contribution in [0.5, 0.6) is 0 Å². The van der Waals surface area contributed by atoms with Crippen LogP contribution in [0, 0.1) is 0 Å². The third-order valence-electron chi connectivity index (χ3n) is 1.33. The average molecular weight is 174 g/mol. The van der Waals surface area contributed by atoms with Crippen LogP contribution in [0.25, 0.3) is 0 Å². The molecule has 6 heteroatoms. The lowest BCUT2D eigenvalue weighted by Crippen LogP contribution is -2.20. The molecule has 60 valence electrons. The lowest BCUT2D eigenvalue weighted by molar-refractivity contribution is 0.150. The Morgan fingerprint density at radius 3 is 1.80 bits per heavy atom. The molecule has 1 fully saturated rings. The molecule has 0 spiro atoms. The van der Waals surface area contributed by atoms with Gasteiger partial charge in [-0.1, -0.05) is 0 Å². The van der Waals surface area contributed by atoms with E-state index in [1.807, 2.05) is 0 Å². The van der Waals surface area contributed by atoms with Gasteiger partial charge in [0, 0.05) is 0 Å². The Morgan fingerprint density at radius 2 is 1.70 bits per heavy atom. The van der Waals surface area contributed by atoms with Gasteiger partial charge in [0.1, 0.15) is 6.17 Å². The molecule has 1 saturated heterocycles. The van der Waals surface area contributed by atoms with E-state index in [1.54, 1.807) is 0 Å². The second kappa shape index (κ2) is 2.11. The molecule has 0 aliphatic carbocycles. The normalized spacial score (nSPS) is 45.7. The average Bonchev–Trinajstić information content (AvgIpc) is 1.95. The highest BCUT2D eigenvalue weighted by Gasteiger charge is 2.48. The van der Waals surface area contributed by atoms with Gasteiger partial charge in [-0.3, -0.25) is 0 Å². The third kappa shape index (κ3) is 1.00. The molecule has 1 aliphatic heterocycles. The van der Waals surface area contributed by atoms with Crippen molar-refractivity contribution in [1.82, 2.24) is 0 Å². The van der Waals surface area contributed by atoms with Crippen molar-refractivity contribution in [2.75, 3.05) is 5.75 Å². The fraction of sp³-hybridized carbons (Fsp3) is 1.00. The summed E-state index contributed by atoms with van der Waals surface area (Å²) < 4.78 is 56.9. The van der Waals surface area contributed by atoms with Gasteiger partial charge in [-0.05, 0) is 0 Å². The van der Waals surface area contributed by atoms with Gasteiger partial charge in [-0.2, -0.15) is 0 Å². The molecular weight excluding hydrogens is 169 g/mol. The van der Waals surface area contributed by atoms with Crippen molar-refractivity contribution >= 4 is 9.84 Å². The quantitative estimate of drug-likeness (QED) is 0.532. The van der Waals surface area contributed by atoms with Crippen LogP contribution < -0.4 is 0 Å². The third-order valence-corrected chi connectivity index (χ3v) is 3.06.